The van der Waals surface area contributed by atoms with Crippen molar-refractivity contribution in [1.82, 2.24) is 4.57 Å². The third-order valence-electron chi connectivity index (χ3n) is 2.77. The van der Waals surface area contributed by atoms with Crippen LogP contribution in [0.1, 0.15) is 0 Å². The highest BCUT2D eigenvalue weighted by molar-refractivity contribution is 7.86. The largest absolute Gasteiger partial charge is 0.741 e. The molecule has 1 aromatic rings. The van der Waals surface area contributed by atoms with Crippen molar-refractivity contribution in [3.8, 4) is 0 Å². The van der Waals surface area contributed by atoms with Gasteiger partial charge in [0, 0.05) is 0 Å². The lowest BCUT2D eigenvalue weighted by molar-refractivity contribution is -0.833. The molecular weight excluding hydrogens is 503 g/mol. The first-order chi connectivity index (χ1) is 13.5. The smallest absolute Gasteiger partial charge is 0.485 e. The molecule has 0 N–H and O–H groups in total. The molecular formula is C11H7F13N2O4S. The van der Waals surface area contributed by atoms with Crippen LogP contribution in [-0.2, 0) is 27.9 Å². The summed E-state index contributed by atoms with van der Waals surface area (Å²) in [6.07, 6.45) is -13.1. The molecule has 0 aromatic carbocycles. The molecule has 1 aromatic heterocycles. The van der Waals surface area contributed by atoms with Gasteiger partial charge in [0.1, 0.15) is 12.4 Å². The Morgan fingerprint density at radius 2 is 1.45 bits per heavy atom. The van der Waals surface area contributed by atoms with Crippen LogP contribution in [0.15, 0.2) is 30.8 Å². The van der Waals surface area contributed by atoms with E-state index in [4.69, 9.17) is 13.0 Å². The van der Waals surface area contributed by atoms with Crippen molar-refractivity contribution in [3.05, 3.63) is 30.8 Å². The quantitative estimate of drug-likeness (QED) is 0.193. The third-order valence-corrected chi connectivity index (χ3v) is 3.34. The highest BCUT2D eigenvalue weighted by Crippen LogP contribution is 2.46. The fourth-order valence-corrected chi connectivity index (χ4v) is 1.34. The Morgan fingerprint density at radius 3 is 1.74 bits per heavy atom. The van der Waals surface area contributed by atoms with E-state index in [1.807, 2.05) is 0 Å². The van der Waals surface area contributed by atoms with Crippen LogP contribution in [-0.4, -0.2) is 41.2 Å². The molecule has 0 aliphatic carbocycles. The normalized spacial score (nSPS) is 14.4. The molecule has 0 spiro atoms. The number of halogens is 13. The van der Waals surface area contributed by atoms with E-state index >= 15 is 0 Å². The van der Waals surface area contributed by atoms with Crippen LogP contribution in [0.25, 0.3) is 0 Å². The molecule has 0 saturated carbocycles. The lowest BCUT2D eigenvalue weighted by atomic mass is 10.1. The summed E-state index contributed by atoms with van der Waals surface area (Å²) >= 11 is 0. The van der Waals surface area contributed by atoms with Gasteiger partial charge in [-0.15, -0.1) is 0 Å². The van der Waals surface area contributed by atoms with E-state index in [-0.39, 0.29) is 0 Å². The van der Waals surface area contributed by atoms with Crippen LogP contribution < -0.4 is 4.57 Å². The maximum Gasteiger partial charge on any atom is 0.485 e. The van der Waals surface area contributed by atoms with Gasteiger partial charge in [0.2, 0.25) is 6.33 Å². The molecule has 1 rings (SSSR count). The van der Waals surface area contributed by atoms with E-state index in [1.165, 1.54) is 0 Å². The number of aryl methyl sites for hydroxylation is 1. The Hall–Kier alpha value is -2.25. The molecule has 6 nitrogen and oxygen atoms in total. The van der Waals surface area contributed by atoms with Gasteiger partial charge < -0.3 is 9.29 Å². The van der Waals surface area contributed by atoms with Gasteiger partial charge in [-0.25, -0.2) is 17.4 Å². The lowest BCUT2D eigenvalue weighted by Crippen LogP contribution is -2.64. The second-order valence-corrected chi connectivity index (χ2v) is 6.48. The minimum Gasteiger partial charge on any atom is -0.741 e. The van der Waals surface area contributed by atoms with Crippen molar-refractivity contribution in [2.45, 2.75) is 29.8 Å². The second kappa shape index (κ2) is 9.09. The average molecular weight is 510 g/mol. The topological polar surface area (TPSA) is 75.2 Å². The number of hydrogen-bond donors (Lipinski definition) is 0. The first-order valence-corrected chi connectivity index (χ1v) is 8.12. The van der Waals surface area contributed by atoms with Crippen LogP contribution in [0.3, 0.4) is 0 Å². The summed E-state index contributed by atoms with van der Waals surface area (Å²) in [5, 5.41) is 0. The highest BCUT2D eigenvalue weighted by Gasteiger charge is 2.74. The second-order valence-electron chi connectivity index (χ2n) is 5.11. The number of aromatic nitrogens is 2. The summed E-state index contributed by atoms with van der Waals surface area (Å²) in [7, 11) is -4.95. The molecule has 31 heavy (non-hydrogen) atoms. The number of ether oxygens (including phenoxy) is 1. The molecule has 1 unspecified atom stereocenters. The molecule has 20 heteroatoms. The Kier molecular flexibility index (Phi) is 8.43. The monoisotopic (exact) mass is 510 g/mol. The van der Waals surface area contributed by atoms with Crippen molar-refractivity contribution in [2.24, 2.45) is 7.05 Å². The third kappa shape index (κ3) is 6.87. The Morgan fingerprint density at radius 1 is 1.03 bits per heavy atom. The van der Waals surface area contributed by atoms with E-state index in [1.54, 1.807) is 0 Å². The van der Waals surface area contributed by atoms with Crippen molar-refractivity contribution < 1.29 is 79.3 Å². The first kappa shape index (κ1) is 28.8. The van der Waals surface area contributed by atoms with E-state index in [2.05, 4.69) is 4.74 Å². The highest BCUT2D eigenvalue weighted by atomic mass is 32.2. The molecule has 1 atom stereocenters. The standard InChI is InChI=1S/C10H7F10N2O.CHF3O3S/c1-21-2-3-22(4-21)9(17,18)7(14)8(15,16)10(19,20)23-6(13)5(11)12;2-1(3,4)8(5,6)7/h2-4,7H,1H3;(H,5,6,7)/q+1;/p-1. The zero-order valence-electron chi connectivity index (χ0n) is 14.2. The minimum absolute atomic E-state index is 0.392. The van der Waals surface area contributed by atoms with Crippen LogP contribution in [0.5, 0.6) is 0 Å². The zero-order valence-corrected chi connectivity index (χ0v) is 15.0. The molecule has 0 radical (unpaired) electrons. The number of nitrogens with zero attached hydrogens (tertiary/aromatic N) is 2. The van der Waals surface area contributed by atoms with Crippen LogP contribution in [0, 0.1) is 0 Å². The predicted molar refractivity (Wildman–Crippen MR) is 67.8 cm³/mol. The summed E-state index contributed by atoms with van der Waals surface area (Å²) in [6.45, 7) is 0. The van der Waals surface area contributed by atoms with Crippen molar-refractivity contribution in [3.63, 3.8) is 0 Å². The van der Waals surface area contributed by atoms with Gasteiger partial charge in [0.05, 0.1) is 7.05 Å². The van der Waals surface area contributed by atoms with Crippen molar-refractivity contribution in [2.75, 3.05) is 0 Å². The van der Waals surface area contributed by atoms with Crippen LogP contribution >= 0.6 is 0 Å². The summed E-state index contributed by atoms with van der Waals surface area (Å²) in [6, 6.07) is -8.66. The summed E-state index contributed by atoms with van der Waals surface area (Å²) in [5.41, 5.74) is -5.65. The Balaban J connectivity index is 0.000000954. The van der Waals surface area contributed by atoms with Gasteiger partial charge in [-0.2, -0.15) is 57.3 Å². The molecule has 1 heterocycles. The first-order valence-electron chi connectivity index (χ1n) is 6.71. The molecule has 182 valence electrons. The molecule has 0 aliphatic rings. The zero-order chi connectivity index (χ0) is 25.2. The van der Waals surface area contributed by atoms with Gasteiger partial charge >= 0.3 is 35.7 Å². The van der Waals surface area contributed by atoms with Gasteiger partial charge in [0.15, 0.2) is 10.1 Å². The van der Waals surface area contributed by atoms with E-state index in [0.29, 0.717) is 12.5 Å². The summed E-state index contributed by atoms with van der Waals surface area (Å²) in [4.78, 5) is 0. The van der Waals surface area contributed by atoms with Gasteiger partial charge in [-0.1, -0.05) is 0 Å². The summed E-state index contributed by atoms with van der Waals surface area (Å²) < 4.78 is 190. The fraction of sp³-hybridized carbons (Fsp3) is 0.545. The minimum atomic E-state index is -6.34. The van der Waals surface area contributed by atoms with Gasteiger partial charge in [-0.05, 0) is 0 Å². The predicted octanol–water partition coefficient (Wildman–Crippen LogP) is 3.53. The fourth-order valence-electron chi connectivity index (χ4n) is 1.34. The molecule has 0 aliphatic heterocycles. The number of alkyl halides is 10. The summed E-state index contributed by atoms with van der Waals surface area (Å²) in [5.74, 6) is -6.34. The average Bonchev–Trinajstić information content (AvgIpc) is 2.99. The SMILES string of the molecule is Cn1cc[n+](C(F)(F)C(F)C(F)(F)C(F)(F)OC(F)=C(F)F)c1.O=S(=O)([O-])C(F)(F)F. The van der Waals surface area contributed by atoms with Gasteiger partial charge in [0.25, 0.3) is 6.17 Å². The van der Waals surface area contributed by atoms with Crippen molar-refractivity contribution in [1.29, 1.82) is 0 Å². The number of hydrogen-bond acceptors (Lipinski definition) is 4. The van der Waals surface area contributed by atoms with E-state index in [9.17, 15) is 57.1 Å². The van der Waals surface area contributed by atoms with Crippen LogP contribution in [0.2, 0.25) is 0 Å². The van der Waals surface area contributed by atoms with Crippen molar-refractivity contribution >= 4 is 10.1 Å². The molecule has 0 saturated heterocycles. The molecule has 0 bridgehead atoms. The molecule has 0 fully saturated rings. The maximum atomic E-state index is 13.5. The van der Waals surface area contributed by atoms with Crippen LogP contribution in [0.4, 0.5) is 57.1 Å². The van der Waals surface area contributed by atoms with E-state index in [0.717, 1.165) is 17.8 Å². The Bertz CT molecular complexity index is 890. The Labute approximate surface area is 162 Å². The number of imidazole rings is 1. The van der Waals surface area contributed by atoms with Gasteiger partial charge in [-0.3, -0.25) is 0 Å². The maximum absolute atomic E-state index is 13.5. The lowest BCUT2D eigenvalue weighted by Gasteiger charge is -2.29. The van der Waals surface area contributed by atoms with E-state index < -0.39 is 56.5 Å². The molecule has 0 amide bonds. The number of rotatable bonds is 6.